The summed E-state index contributed by atoms with van der Waals surface area (Å²) in [6.45, 7) is 5.82. The summed E-state index contributed by atoms with van der Waals surface area (Å²) in [4.78, 5) is 5.89. The van der Waals surface area contributed by atoms with E-state index in [1.807, 2.05) is 12.1 Å². The van der Waals surface area contributed by atoms with Crippen molar-refractivity contribution in [2.24, 2.45) is 0 Å². The number of aromatic nitrogens is 1. The molecule has 0 bridgehead atoms. The quantitative estimate of drug-likeness (QED) is 0.796. The van der Waals surface area contributed by atoms with Gasteiger partial charge in [-0.15, -0.1) is 0 Å². The summed E-state index contributed by atoms with van der Waals surface area (Å²) in [5.74, 6) is 0. The summed E-state index contributed by atoms with van der Waals surface area (Å²) >= 11 is 6.01. The van der Waals surface area contributed by atoms with Gasteiger partial charge in [0.25, 0.3) is 0 Å². The Morgan fingerprint density at radius 3 is 2.90 bits per heavy atom. The maximum absolute atomic E-state index is 6.01. The topological polar surface area (TPSA) is 31.1 Å². The molecule has 21 heavy (non-hydrogen) atoms. The molecule has 0 atom stereocenters. The molecule has 1 aliphatic heterocycles. The van der Waals surface area contributed by atoms with Crippen LogP contribution in [0.2, 0.25) is 5.02 Å². The van der Waals surface area contributed by atoms with E-state index in [1.54, 1.807) is 0 Å². The minimum absolute atomic E-state index is 0.783. The van der Waals surface area contributed by atoms with Crippen LogP contribution in [-0.4, -0.2) is 36.1 Å². The molecular weight excluding hydrogens is 282 g/mol. The molecule has 0 unspecified atom stereocenters. The van der Waals surface area contributed by atoms with E-state index in [4.69, 9.17) is 11.6 Å². The van der Waals surface area contributed by atoms with Gasteiger partial charge in [-0.1, -0.05) is 24.1 Å². The van der Waals surface area contributed by atoms with Crippen molar-refractivity contribution < 1.29 is 0 Å². The average molecular weight is 306 g/mol. The fourth-order valence-electron chi connectivity index (χ4n) is 3.14. The van der Waals surface area contributed by atoms with Gasteiger partial charge in [-0.2, -0.15) is 0 Å². The van der Waals surface area contributed by atoms with E-state index in [0.29, 0.717) is 0 Å². The average Bonchev–Trinajstić information content (AvgIpc) is 2.90. The van der Waals surface area contributed by atoms with Crippen LogP contribution < -0.4 is 5.32 Å². The number of fused-ring (bicyclic) bond motifs is 1. The number of rotatable bonds is 6. The Morgan fingerprint density at radius 1 is 1.19 bits per heavy atom. The Morgan fingerprint density at radius 2 is 2.05 bits per heavy atom. The van der Waals surface area contributed by atoms with Crippen molar-refractivity contribution in [1.29, 1.82) is 0 Å². The summed E-state index contributed by atoms with van der Waals surface area (Å²) in [5, 5.41) is 5.60. The minimum Gasteiger partial charge on any atom is -0.361 e. The van der Waals surface area contributed by atoms with Gasteiger partial charge >= 0.3 is 0 Å². The number of piperidine rings is 1. The molecule has 3 rings (SSSR count). The molecule has 0 spiro atoms. The summed E-state index contributed by atoms with van der Waals surface area (Å²) in [5.41, 5.74) is 2.44. The van der Waals surface area contributed by atoms with Crippen LogP contribution in [-0.2, 0) is 6.54 Å². The summed E-state index contributed by atoms with van der Waals surface area (Å²) in [6.07, 6.45) is 7.49. The van der Waals surface area contributed by atoms with Crippen LogP contribution in [0.25, 0.3) is 10.9 Å². The van der Waals surface area contributed by atoms with Gasteiger partial charge in [0.05, 0.1) is 0 Å². The third kappa shape index (κ3) is 4.00. The Hall–Kier alpha value is -1.03. The highest BCUT2D eigenvalue weighted by Crippen LogP contribution is 2.21. The Bertz CT molecular complexity index is 572. The molecule has 2 N–H and O–H groups in total. The summed E-state index contributed by atoms with van der Waals surface area (Å²) < 4.78 is 0. The van der Waals surface area contributed by atoms with E-state index in [1.165, 1.54) is 56.3 Å². The first-order chi connectivity index (χ1) is 10.3. The molecule has 0 amide bonds. The molecule has 1 saturated heterocycles. The lowest BCUT2D eigenvalue weighted by atomic mass is 10.1. The molecule has 2 aromatic rings. The molecule has 0 saturated carbocycles. The largest absolute Gasteiger partial charge is 0.361 e. The second-order valence-corrected chi connectivity index (χ2v) is 6.37. The summed E-state index contributed by atoms with van der Waals surface area (Å²) in [7, 11) is 0. The van der Waals surface area contributed by atoms with Gasteiger partial charge in [0.2, 0.25) is 0 Å². The predicted octanol–water partition coefficient (Wildman–Crippen LogP) is 3.79. The molecule has 2 heterocycles. The van der Waals surface area contributed by atoms with Gasteiger partial charge < -0.3 is 15.2 Å². The number of nitrogens with one attached hydrogen (secondary N) is 2. The molecule has 1 aliphatic rings. The number of benzene rings is 1. The van der Waals surface area contributed by atoms with Crippen LogP contribution in [0, 0.1) is 0 Å². The van der Waals surface area contributed by atoms with E-state index >= 15 is 0 Å². The highest BCUT2D eigenvalue weighted by atomic mass is 35.5. The van der Waals surface area contributed by atoms with Crippen molar-refractivity contribution in [2.75, 3.05) is 26.2 Å². The smallest absolute Gasteiger partial charge is 0.0472 e. The second kappa shape index (κ2) is 7.30. The zero-order valence-corrected chi connectivity index (χ0v) is 13.3. The third-order valence-electron chi connectivity index (χ3n) is 4.32. The van der Waals surface area contributed by atoms with Gasteiger partial charge in [0, 0.05) is 28.7 Å². The Kier molecular flexibility index (Phi) is 5.17. The lowest BCUT2D eigenvalue weighted by Gasteiger charge is -2.26. The van der Waals surface area contributed by atoms with Crippen LogP contribution in [0.4, 0.5) is 0 Å². The standard InChI is InChI=1S/C17H24ClN3/c18-15-5-6-16-14(13-20-17(16)11-15)12-19-7-4-10-21-8-2-1-3-9-21/h5-6,11,13,19-20H,1-4,7-10,12H2. The maximum atomic E-state index is 6.01. The Labute approximate surface area is 131 Å². The molecule has 0 radical (unpaired) electrons. The van der Waals surface area contributed by atoms with E-state index in [9.17, 15) is 0 Å². The van der Waals surface area contributed by atoms with Crippen molar-refractivity contribution in [3.8, 4) is 0 Å². The van der Waals surface area contributed by atoms with Crippen molar-refractivity contribution in [1.82, 2.24) is 15.2 Å². The summed E-state index contributed by atoms with van der Waals surface area (Å²) in [6, 6.07) is 6.03. The lowest BCUT2D eigenvalue weighted by Crippen LogP contribution is -2.32. The molecule has 0 aliphatic carbocycles. The fourth-order valence-corrected chi connectivity index (χ4v) is 3.31. The van der Waals surface area contributed by atoms with E-state index in [-0.39, 0.29) is 0 Å². The van der Waals surface area contributed by atoms with Crippen molar-refractivity contribution in [2.45, 2.75) is 32.2 Å². The molecule has 1 aromatic carbocycles. The van der Waals surface area contributed by atoms with Crippen LogP contribution in [0.1, 0.15) is 31.2 Å². The molecule has 114 valence electrons. The fraction of sp³-hybridized carbons (Fsp3) is 0.529. The van der Waals surface area contributed by atoms with Crippen LogP contribution in [0.15, 0.2) is 24.4 Å². The molecule has 1 fully saturated rings. The van der Waals surface area contributed by atoms with E-state index in [0.717, 1.165) is 23.6 Å². The lowest BCUT2D eigenvalue weighted by molar-refractivity contribution is 0.225. The predicted molar refractivity (Wildman–Crippen MR) is 89.9 cm³/mol. The van der Waals surface area contributed by atoms with Gasteiger partial charge in [-0.05, 0) is 63.1 Å². The number of halogens is 1. The van der Waals surface area contributed by atoms with Crippen LogP contribution in [0.3, 0.4) is 0 Å². The monoisotopic (exact) mass is 305 g/mol. The molecule has 1 aromatic heterocycles. The van der Waals surface area contributed by atoms with Gasteiger partial charge in [0.15, 0.2) is 0 Å². The first kappa shape index (κ1) is 14.9. The second-order valence-electron chi connectivity index (χ2n) is 5.94. The number of H-pyrrole nitrogens is 1. The van der Waals surface area contributed by atoms with E-state index < -0.39 is 0 Å². The number of nitrogens with zero attached hydrogens (tertiary/aromatic N) is 1. The Balaban J connectivity index is 1.42. The van der Waals surface area contributed by atoms with Gasteiger partial charge in [0.1, 0.15) is 0 Å². The van der Waals surface area contributed by atoms with Crippen LogP contribution in [0.5, 0.6) is 0 Å². The van der Waals surface area contributed by atoms with Crippen LogP contribution >= 0.6 is 11.6 Å². The normalized spacial score (nSPS) is 16.6. The SMILES string of the molecule is Clc1ccc2c(CNCCCN3CCCCC3)c[nH]c2c1. The maximum Gasteiger partial charge on any atom is 0.0472 e. The molecule has 4 heteroatoms. The number of aromatic amines is 1. The van der Waals surface area contributed by atoms with Crippen molar-refractivity contribution in [3.05, 3.63) is 35.0 Å². The zero-order chi connectivity index (χ0) is 14.5. The first-order valence-electron chi connectivity index (χ1n) is 8.01. The molecule has 3 nitrogen and oxygen atoms in total. The third-order valence-corrected chi connectivity index (χ3v) is 4.56. The zero-order valence-electron chi connectivity index (χ0n) is 12.5. The minimum atomic E-state index is 0.783. The highest BCUT2D eigenvalue weighted by Gasteiger charge is 2.09. The first-order valence-corrected chi connectivity index (χ1v) is 8.39. The molecular formula is C17H24ClN3. The van der Waals surface area contributed by atoms with Gasteiger partial charge in [-0.3, -0.25) is 0 Å². The van der Waals surface area contributed by atoms with Crippen molar-refractivity contribution >= 4 is 22.5 Å². The highest BCUT2D eigenvalue weighted by molar-refractivity contribution is 6.31. The number of hydrogen-bond donors (Lipinski definition) is 2. The van der Waals surface area contributed by atoms with Crippen molar-refractivity contribution in [3.63, 3.8) is 0 Å². The number of likely N-dealkylation sites (tertiary alicyclic amines) is 1. The van der Waals surface area contributed by atoms with E-state index in [2.05, 4.69) is 27.5 Å². The van der Waals surface area contributed by atoms with Gasteiger partial charge in [-0.25, -0.2) is 0 Å². The number of hydrogen-bond acceptors (Lipinski definition) is 2.